The zero-order valence-corrected chi connectivity index (χ0v) is 18.3. The Bertz CT molecular complexity index is 1180. The van der Waals surface area contributed by atoms with Crippen LogP contribution in [-0.4, -0.2) is 64.0 Å². The number of benzene rings is 2. The van der Waals surface area contributed by atoms with Crippen LogP contribution in [0, 0.1) is 0 Å². The van der Waals surface area contributed by atoms with Gasteiger partial charge in [0.15, 0.2) is 5.13 Å². The summed E-state index contributed by atoms with van der Waals surface area (Å²) in [5.74, 6) is -0.265. The predicted molar refractivity (Wildman–Crippen MR) is 118 cm³/mol. The van der Waals surface area contributed by atoms with Crippen LogP contribution in [-0.2, 0) is 14.8 Å². The highest BCUT2D eigenvalue weighted by Crippen LogP contribution is 2.30. The molecule has 1 amide bonds. The highest BCUT2D eigenvalue weighted by atomic mass is 32.2. The lowest BCUT2D eigenvalue weighted by atomic mass is 10.2. The molecule has 0 spiro atoms. The van der Waals surface area contributed by atoms with E-state index in [0.29, 0.717) is 47.2 Å². The van der Waals surface area contributed by atoms with Crippen LogP contribution < -0.4 is 10.2 Å². The fourth-order valence-corrected chi connectivity index (χ4v) is 5.56. The molecule has 30 heavy (non-hydrogen) atoms. The number of carbonyl (C=O) groups excluding carboxylic acids is 1. The van der Waals surface area contributed by atoms with Gasteiger partial charge >= 0.3 is 0 Å². The molecule has 1 aliphatic heterocycles. The van der Waals surface area contributed by atoms with Crippen LogP contribution >= 0.6 is 11.3 Å². The number of nitrogens with zero attached hydrogens (tertiary/aromatic N) is 3. The van der Waals surface area contributed by atoms with Crippen molar-refractivity contribution in [2.75, 3.05) is 50.6 Å². The van der Waals surface area contributed by atoms with E-state index >= 15 is 0 Å². The molecule has 158 valence electrons. The maximum atomic E-state index is 12.9. The number of nitrogens with one attached hydrogen (secondary N) is 1. The zero-order valence-electron chi connectivity index (χ0n) is 16.7. The molecule has 3 aromatic rings. The largest absolute Gasteiger partial charge is 0.379 e. The number of fused-ring (bicyclic) bond motifs is 1. The summed E-state index contributed by atoms with van der Waals surface area (Å²) in [4.78, 5) is 19.2. The van der Waals surface area contributed by atoms with Gasteiger partial charge in [0.25, 0.3) is 5.91 Å². The lowest BCUT2D eigenvalue weighted by Gasteiger charge is -2.25. The highest BCUT2D eigenvalue weighted by molar-refractivity contribution is 7.89. The van der Waals surface area contributed by atoms with Crippen molar-refractivity contribution in [3.05, 3.63) is 48.0 Å². The normalized spacial score (nSPS) is 15.3. The Morgan fingerprint density at radius 3 is 2.67 bits per heavy atom. The molecule has 1 fully saturated rings. The minimum Gasteiger partial charge on any atom is -0.379 e. The van der Waals surface area contributed by atoms with Gasteiger partial charge in [0.2, 0.25) is 10.0 Å². The third-order valence-corrected chi connectivity index (χ3v) is 7.64. The third kappa shape index (κ3) is 4.17. The number of sulfonamides is 1. The monoisotopic (exact) mass is 446 g/mol. The summed E-state index contributed by atoms with van der Waals surface area (Å²) in [6.45, 7) is 1.48. The van der Waals surface area contributed by atoms with Crippen molar-refractivity contribution in [3.63, 3.8) is 0 Å². The molecule has 8 nitrogen and oxygen atoms in total. The number of hydrogen-bond donors (Lipinski definition) is 1. The minimum atomic E-state index is -3.58. The molecule has 1 aromatic heterocycles. The molecule has 0 radical (unpaired) electrons. The van der Waals surface area contributed by atoms with Gasteiger partial charge in [-0.15, -0.1) is 0 Å². The number of rotatable bonds is 5. The standard InChI is InChI=1S/C20H22N4O4S2/c1-23(2)15-5-3-4-14(12-15)19(25)22-20-21-17-7-6-16(13-18(17)29-20)30(26,27)24-8-10-28-11-9-24/h3-7,12-13H,8-11H2,1-2H3,(H,21,22,25). The smallest absolute Gasteiger partial charge is 0.257 e. The molecule has 1 aliphatic rings. The van der Waals surface area contributed by atoms with E-state index in [-0.39, 0.29) is 10.8 Å². The lowest BCUT2D eigenvalue weighted by molar-refractivity contribution is 0.0730. The molecule has 1 N–H and O–H groups in total. The van der Waals surface area contributed by atoms with Gasteiger partial charge in [-0.3, -0.25) is 10.1 Å². The molecule has 1 saturated heterocycles. The first-order valence-electron chi connectivity index (χ1n) is 9.42. The molecule has 0 atom stereocenters. The summed E-state index contributed by atoms with van der Waals surface area (Å²) in [6.07, 6.45) is 0. The summed E-state index contributed by atoms with van der Waals surface area (Å²) < 4.78 is 33.1. The topological polar surface area (TPSA) is 91.8 Å². The first kappa shape index (κ1) is 20.7. The molecular formula is C20H22N4O4S2. The number of carbonyl (C=O) groups is 1. The fourth-order valence-electron chi connectivity index (χ4n) is 3.15. The Kier molecular flexibility index (Phi) is 5.74. The molecule has 0 unspecified atom stereocenters. The van der Waals surface area contributed by atoms with E-state index in [9.17, 15) is 13.2 Å². The Balaban J connectivity index is 1.57. The quantitative estimate of drug-likeness (QED) is 0.648. The van der Waals surface area contributed by atoms with Crippen molar-refractivity contribution in [1.82, 2.24) is 9.29 Å². The first-order valence-corrected chi connectivity index (χ1v) is 11.7. The molecular weight excluding hydrogens is 424 g/mol. The van der Waals surface area contributed by atoms with Gasteiger partial charge in [-0.1, -0.05) is 17.4 Å². The average Bonchev–Trinajstić information content (AvgIpc) is 3.15. The Hall–Kier alpha value is -2.53. The number of morpholine rings is 1. The van der Waals surface area contributed by atoms with Crippen LogP contribution in [0.25, 0.3) is 10.2 Å². The molecule has 0 bridgehead atoms. The van der Waals surface area contributed by atoms with Gasteiger partial charge < -0.3 is 9.64 Å². The van der Waals surface area contributed by atoms with Gasteiger partial charge in [0.1, 0.15) is 0 Å². The van der Waals surface area contributed by atoms with Crippen LogP contribution in [0.15, 0.2) is 47.4 Å². The van der Waals surface area contributed by atoms with Gasteiger partial charge in [-0.25, -0.2) is 13.4 Å². The zero-order chi connectivity index (χ0) is 21.3. The number of anilines is 2. The van der Waals surface area contributed by atoms with Crippen molar-refractivity contribution in [3.8, 4) is 0 Å². The second-order valence-electron chi connectivity index (χ2n) is 7.06. The molecule has 2 heterocycles. The number of ether oxygens (including phenoxy) is 1. The highest BCUT2D eigenvalue weighted by Gasteiger charge is 2.26. The van der Waals surface area contributed by atoms with Crippen molar-refractivity contribution < 1.29 is 17.9 Å². The van der Waals surface area contributed by atoms with E-state index < -0.39 is 10.0 Å². The number of aromatic nitrogens is 1. The summed E-state index contributed by atoms with van der Waals surface area (Å²) in [5.41, 5.74) is 2.08. The Labute approximate surface area is 179 Å². The summed E-state index contributed by atoms with van der Waals surface area (Å²) >= 11 is 1.25. The fraction of sp³-hybridized carbons (Fsp3) is 0.300. The molecule has 0 saturated carbocycles. The van der Waals surface area contributed by atoms with Crippen molar-refractivity contribution in [1.29, 1.82) is 0 Å². The van der Waals surface area contributed by atoms with Crippen molar-refractivity contribution >= 4 is 48.3 Å². The second kappa shape index (κ2) is 8.31. The van der Waals surface area contributed by atoms with Crippen LogP contribution in [0.3, 0.4) is 0 Å². The van der Waals surface area contributed by atoms with E-state index in [2.05, 4.69) is 10.3 Å². The van der Waals surface area contributed by atoms with E-state index in [1.807, 2.05) is 31.1 Å². The second-order valence-corrected chi connectivity index (χ2v) is 10.0. The Morgan fingerprint density at radius 1 is 1.17 bits per heavy atom. The van der Waals surface area contributed by atoms with Crippen molar-refractivity contribution in [2.45, 2.75) is 4.90 Å². The lowest BCUT2D eigenvalue weighted by Crippen LogP contribution is -2.40. The number of thiazole rings is 1. The van der Waals surface area contributed by atoms with E-state index in [1.165, 1.54) is 15.6 Å². The van der Waals surface area contributed by atoms with E-state index in [0.717, 1.165) is 5.69 Å². The maximum Gasteiger partial charge on any atom is 0.257 e. The van der Waals surface area contributed by atoms with Gasteiger partial charge in [-0.2, -0.15) is 4.31 Å². The summed E-state index contributed by atoms with van der Waals surface area (Å²) in [6, 6.07) is 12.1. The van der Waals surface area contributed by atoms with Gasteiger partial charge in [0, 0.05) is 38.4 Å². The minimum absolute atomic E-state index is 0.220. The third-order valence-electron chi connectivity index (χ3n) is 4.81. The summed E-state index contributed by atoms with van der Waals surface area (Å²) in [7, 11) is 0.237. The average molecular weight is 447 g/mol. The van der Waals surface area contributed by atoms with Crippen molar-refractivity contribution in [2.24, 2.45) is 0 Å². The van der Waals surface area contributed by atoms with Gasteiger partial charge in [0.05, 0.1) is 28.3 Å². The molecule has 2 aromatic carbocycles. The predicted octanol–water partition coefficient (Wildman–Crippen LogP) is 2.64. The number of hydrogen-bond acceptors (Lipinski definition) is 7. The molecule has 4 rings (SSSR count). The first-order chi connectivity index (χ1) is 14.3. The molecule has 10 heteroatoms. The van der Waals surface area contributed by atoms with Crippen LogP contribution in [0.4, 0.5) is 10.8 Å². The van der Waals surface area contributed by atoms with Crippen LogP contribution in [0.5, 0.6) is 0 Å². The number of amides is 1. The molecule has 0 aliphatic carbocycles. The van der Waals surface area contributed by atoms with E-state index in [1.54, 1.807) is 30.3 Å². The van der Waals surface area contributed by atoms with E-state index in [4.69, 9.17) is 4.74 Å². The van der Waals surface area contributed by atoms with Crippen LogP contribution in [0.1, 0.15) is 10.4 Å². The van der Waals surface area contributed by atoms with Crippen LogP contribution in [0.2, 0.25) is 0 Å². The maximum absolute atomic E-state index is 12.9. The summed E-state index contributed by atoms with van der Waals surface area (Å²) in [5, 5.41) is 3.23. The SMILES string of the molecule is CN(C)c1cccc(C(=O)Nc2nc3ccc(S(=O)(=O)N4CCOCC4)cc3s2)c1. The van der Waals surface area contributed by atoms with Gasteiger partial charge in [-0.05, 0) is 36.4 Å². The Morgan fingerprint density at radius 2 is 1.93 bits per heavy atom.